The summed E-state index contributed by atoms with van der Waals surface area (Å²) >= 11 is 0. The number of amides is 1. The Kier molecular flexibility index (Phi) is 1.18. The zero-order valence-corrected chi connectivity index (χ0v) is 7.29. The molecule has 0 atom stereocenters. The molecule has 1 saturated carbocycles. The van der Waals surface area contributed by atoms with Gasteiger partial charge in [0.05, 0.1) is 5.69 Å². The average molecular weight is 192 g/mol. The minimum Gasteiger partial charge on any atom is -0.457 e. The van der Waals surface area contributed by atoms with Gasteiger partial charge in [-0.2, -0.15) is 0 Å². The molecule has 1 aliphatic carbocycles. The third-order valence-electron chi connectivity index (χ3n) is 2.72. The lowest BCUT2D eigenvalue weighted by atomic mass is 10.1. The maximum Gasteiger partial charge on any atom is 0.250 e. The molecular formula is C9H8N2O3. The zero-order chi connectivity index (χ0) is 9.76. The molecule has 0 radical (unpaired) electrons. The molecule has 1 amide bonds. The van der Waals surface area contributed by atoms with Crippen molar-refractivity contribution in [1.82, 2.24) is 0 Å². The van der Waals surface area contributed by atoms with E-state index in [1.807, 2.05) is 0 Å². The molecule has 0 aromatic carbocycles. The second-order valence-corrected chi connectivity index (χ2v) is 3.67. The summed E-state index contributed by atoms with van der Waals surface area (Å²) in [6.45, 7) is 0. The normalized spacial score (nSPS) is 21.0. The molecule has 3 rings (SSSR count). The lowest BCUT2D eigenvalue weighted by molar-refractivity contribution is -0.117. The molecule has 2 heterocycles. The lowest BCUT2D eigenvalue weighted by Crippen LogP contribution is -2.40. The van der Waals surface area contributed by atoms with Crippen LogP contribution in [-0.4, -0.2) is 17.7 Å². The molecule has 1 spiro atoms. The Morgan fingerprint density at radius 2 is 2.29 bits per heavy atom. The van der Waals surface area contributed by atoms with Crippen molar-refractivity contribution < 1.29 is 14.0 Å². The first-order chi connectivity index (χ1) is 6.75. The summed E-state index contributed by atoms with van der Waals surface area (Å²) in [5, 5.41) is 5.77. The van der Waals surface area contributed by atoms with Crippen molar-refractivity contribution in [2.24, 2.45) is 0 Å². The number of aldehydes is 1. The van der Waals surface area contributed by atoms with Crippen LogP contribution in [0.2, 0.25) is 0 Å². The van der Waals surface area contributed by atoms with E-state index in [1.54, 1.807) is 0 Å². The number of anilines is 2. The number of hydrogen-bond acceptors (Lipinski definition) is 4. The second kappa shape index (κ2) is 2.17. The van der Waals surface area contributed by atoms with E-state index in [-0.39, 0.29) is 11.7 Å². The van der Waals surface area contributed by atoms with Gasteiger partial charge in [-0.1, -0.05) is 0 Å². The van der Waals surface area contributed by atoms with Crippen LogP contribution in [-0.2, 0) is 4.79 Å². The molecular weight excluding hydrogens is 184 g/mol. The summed E-state index contributed by atoms with van der Waals surface area (Å²) in [5.74, 6) is 0.0888. The van der Waals surface area contributed by atoms with Gasteiger partial charge in [-0.05, 0) is 12.8 Å². The Morgan fingerprint density at radius 3 is 2.93 bits per heavy atom. The summed E-state index contributed by atoms with van der Waals surface area (Å²) in [6.07, 6.45) is 3.71. The van der Waals surface area contributed by atoms with Crippen molar-refractivity contribution in [3.8, 4) is 0 Å². The van der Waals surface area contributed by atoms with Crippen molar-refractivity contribution in [1.29, 1.82) is 0 Å². The molecule has 1 aromatic heterocycles. The summed E-state index contributed by atoms with van der Waals surface area (Å²) in [6, 6.07) is 0. The highest BCUT2D eigenvalue weighted by Crippen LogP contribution is 2.46. The fraction of sp³-hybridized carbons (Fsp3) is 0.333. The van der Waals surface area contributed by atoms with E-state index in [4.69, 9.17) is 4.42 Å². The highest BCUT2D eigenvalue weighted by atomic mass is 16.3. The van der Waals surface area contributed by atoms with Crippen LogP contribution in [0.15, 0.2) is 10.7 Å². The first kappa shape index (κ1) is 7.61. The summed E-state index contributed by atoms with van der Waals surface area (Å²) < 4.78 is 4.99. The van der Waals surface area contributed by atoms with E-state index in [0.717, 1.165) is 12.8 Å². The van der Waals surface area contributed by atoms with Gasteiger partial charge in [0.15, 0.2) is 12.0 Å². The predicted molar refractivity (Wildman–Crippen MR) is 48.3 cm³/mol. The Bertz CT molecular complexity index is 431. The van der Waals surface area contributed by atoms with Gasteiger partial charge < -0.3 is 15.1 Å². The van der Waals surface area contributed by atoms with Crippen molar-refractivity contribution >= 4 is 23.6 Å². The number of hydrogen-bond donors (Lipinski definition) is 2. The van der Waals surface area contributed by atoms with E-state index >= 15 is 0 Å². The largest absolute Gasteiger partial charge is 0.457 e. The molecule has 2 N–H and O–H groups in total. The van der Waals surface area contributed by atoms with Crippen molar-refractivity contribution in [3.63, 3.8) is 0 Å². The molecule has 72 valence electrons. The van der Waals surface area contributed by atoms with Gasteiger partial charge >= 0.3 is 0 Å². The van der Waals surface area contributed by atoms with Gasteiger partial charge in [0, 0.05) is 0 Å². The number of carbonyl (C=O) groups excluding carboxylic acids is 2. The van der Waals surface area contributed by atoms with Crippen LogP contribution in [0, 0.1) is 0 Å². The number of carbonyl (C=O) groups is 2. The Hall–Kier alpha value is -1.78. The number of nitrogens with one attached hydrogen (secondary N) is 2. The first-order valence-electron chi connectivity index (χ1n) is 4.41. The van der Waals surface area contributed by atoms with E-state index in [9.17, 15) is 9.59 Å². The topological polar surface area (TPSA) is 71.3 Å². The smallest absolute Gasteiger partial charge is 0.250 e. The average Bonchev–Trinajstić information content (AvgIpc) is 2.84. The van der Waals surface area contributed by atoms with Gasteiger partial charge in [-0.3, -0.25) is 9.59 Å². The van der Waals surface area contributed by atoms with E-state index in [2.05, 4.69) is 10.6 Å². The van der Waals surface area contributed by atoms with Gasteiger partial charge in [0.1, 0.15) is 17.5 Å². The molecule has 1 aromatic rings. The molecule has 0 bridgehead atoms. The minimum absolute atomic E-state index is 0.0745. The summed E-state index contributed by atoms with van der Waals surface area (Å²) in [5.41, 5.74) is 0.726. The molecule has 14 heavy (non-hydrogen) atoms. The first-order valence-corrected chi connectivity index (χ1v) is 4.41. The third kappa shape index (κ3) is 0.787. The van der Waals surface area contributed by atoms with Gasteiger partial charge in [0.2, 0.25) is 5.91 Å². The summed E-state index contributed by atoms with van der Waals surface area (Å²) in [7, 11) is 0. The fourth-order valence-corrected chi connectivity index (χ4v) is 1.71. The number of furan rings is 1. The molecule has 0 unspecified atom stereocenters. The molecule has 0 saturated heterocycles. The Labute approximate surface area is 79.5 Å². The SMILES string of the molecule is O=Cc1occ2c1NC(=O)C1(CC1)N2. The maximum absolute atomic E-state index is 11.6. The Balaban J connectivity index is 2.08. The standard InChI is InChI=1S/C9H8N2O3/c12-3-6-7-5(4-14-6)11-9(1-2-9)8(13)10-7/h3-4,11H,1-2H2,(H,10,13). The number of rotatable bonds is 1. The van der Waals surface area contributed by atoms with Crippen molar-refractivity contribution in [2.45, 2.75) is 18.4 Å². The maximum atomic E-state index is 11.6. The molecule has 5 nitrogen and oxygen atoms in total. The van der Waals surface area contributed by atoms with Crippen LogP contribution in [0.5, 0.6) is 0 Å². The molecule has 1 fully saturated rings. The van der Waals surface area contributed by atoms with E-state index < -0.39 is 5.54 Å². The predicted octanol–water partition coefficient (Wildman–Crippen LogP) is 0.989. The molecule has 1 aliphatic heterocycles. The van der Waals surface area contributed by atoms with Crippen LogP contribution in [0.1, 0.15) is 23.4 Å². The molecule has 5 heteroatoms. The van der Waals surface area contributed by atoms with E-state index in [1.165, 1.54) is 6.26 Å². The van der Waals surface area contributed by atoms with Crippen LogP contribution in [0.25, 0.3) is 0 Å². The lowest BCUT2D eigenvalue weighted by Gasteiger charge is -2.23. The van der Waals surface area contributed by atoms with Crippen LogP contribution in [0.3, 0.4) is 0 Å². The zero-order valence-electron chi connectivity index (χ0n) is 7.29. The minimum atomic E-state index is -0.434. The fourth-order valence-electron chi connectivity index (χ4n) is 1.71. The van der Waals surface area contributed by atoms with Gasteiger partial charge in [-0.15, -0.1) is 0 Å². The third-order valence-corrected chi connectivity index (χ3v) is 2.72. The number of fused-ring (bicyclic) bond motifs is 1. The highest BCUT2D eigenvalue weighted by Gasteiger charge is 2.53. The van der Waals surface area contributed by atoms with E-state index in [0.29, 0.717) is 17.7 Å². The van der Waals surface area contributed by atoms with Gasteiger partial charge in [-0.25, -0.2) is 0 Å². The quantitative estimate of drug-likeness (QED) is 0.651. The molecule has 2 aliphatic rings. The monoisotopic (exact) mass is 192 g/mol. The second-order valence-electron chi connectivity index (χ2n) is 3.67. The van der Waals surface area contributed by atoms with Crippen LogP contribution < -0.4 is 10.6 Å². The Morgan fingerprint density at radius 1 is 1.50 bits per heavy atom. The van der Waals surface area contributed by atoms with Crippen LogP contribution in [0.4, 0.5) is 11.4 Å². The van der Waals surface area contributed by atoms with Gasteiger partial charge in [0.25, 0.3) is 0 Å². The van der Waals surface area contributed by atoms with Crippen molar-refractivity contribution in [2.75, 3.05) is 10.6 Å². The van der Waals surface area contributed by atoms with Crippen molar-refractivity contribution in [3.05, 3.63) is 12.0 Å². The highest BCUT2D eigenvalue weighted by molar-refractivity contribution is 6.10. The summed E-state index contributed by atoms with van der Waals surface area (Å²) in [4.78, 5) is 22.1. The van der Waals surface area contributed by atoms with Crippen LogP contribution >= 0.6 is 0 Å².